The second kappa shape index (κ2) is 6.15. The Morgan fingerprint density at radius 2 is 2.21 bits per heavy atom. The van der Waals surface area contributed by atoms with Crippen LogP contribution in [0.25, 0.3) is 0 Å². The lowest BCUT2D eigenvalue weighted by Crippen LogP contribution is -2.36. The molecule has 0 aromatic carbocycles. The number of ether oxygens (including phenoxy) is 1. The van der Waals surface area contributed by atoms with Crippen molar-refractivity contribution in [3.63, 3.8) is 0 Å². The number of aromatic nitrogens is 2. The van der Waals surface area contributed by atoms with Crippen molar-refractivity contribution in [2.45, 2.75) is 26.4 Å². The maximum absolute atomic E-state index is 5.97. The van der Waals surface area contributed by atoms with Crippen LogP contribution in [-0.4, -0.2) is 41.6 Å². The molecule has 2 rings (SSSR count). The van der Waals surface area contributed by atoms with Crippen LogP contribution < -0.4 is 5.73 Å². The Labute approximate surface area is 122 Å². The lowest BCUT2D eigenvalue weighted by molar-refractivity contribution is -0.0255. The summed E-state index contributed by atoms with van der Waals surface area (Å²) < 4.78 is 6.57. The number of likely N-dealkylation sites (N-methyl/N-ethyl adjacent to an activating group) is 1. The van der Waals surface area contributed by atoms with Gasteiger partial charge in [-0.3, -0.25) is 0 Å². The second-order valence-corrected chi connectivity index (χ2v) is 6.24. The first-order valence-electron chi connectivity index (χ1n) is 6.59. The molecule has 0 radical (unpaired) electrons. The number of nitrogens with zero attached hydrogens (tertiary/aromatic N) is 3. The van der Waals surface area contributed by atoms with Crippen molar-refractivity contribution in [3.05, 3.63) is 16.0 Å². The highest BCUT2D eigenvalue weighted by atomic mass is 79.9. The quantitative estimate of drug-likeness (QED) is 0.919. The molecule has 5 nitrogen and oxygen atoms in total. The molecule has 1 fully saturated rings. The molecule has 2 N–H and O–H groups in total. The van der Waals surface area contributed by atoms with Crippen LogP contribution in [0.1, 0.15) is 31.5 Å². The molecule has 0 amide bonds. The molecular weight excluding hydrogens is 308 g/mol. The van der Waals surface area contributed by atoms with Crippen molar-refractivity contribution in [1.29, 1.82) is 0 Å². The predicted octanol–water partition coefficient (Wildman–Crippen LogP) is 2.02. The molecule has 1 atom stereocenters. The topological polar surface area (TPSA) is 64.3 Å². The van der Waals surface area contributed by atoms with Crippen LogP contribution in [0.4, 0.5) is 5.82 Å². The molecule has 19 heavy (non-hydrogen) atoms. The maximum atomic E-state index is 5.97. The van der Waals surface area contributed by atoms with Gasteiger partial charge in [0.2, 0.25) is 0 Å². The van der Waals surface area contributed by atoms with Gasteiger partial charge in [0.1, 0.15) is 11.9 Å². The third kappa shape index (κ3) is 3.64. The number of hydrogen-bond donors (Lipinski definition) is 1. The minimum Gasteiger partial charge on any atom is -0.383 e. The van der Waals surface area contributed by atoms with E-state index in [0.29, 0.717) is 24.2 Å². The molecule has 1 saturated heterocycles. The van der Waals surface area contributed by atoms with E-state index < -0.39 is 0 Å². The molecule has 1 unspecified atom stereocenters. The fourth-order valence-corrected chi connectivity index (χ4v) is 2.47. The molecule has 1 aliphatic rings. The van der Waals surface area contributed by atoms with Crippen LogP contribution in [0.5, 0.6) is 0 Å². The summed E-state index contributed by atoms with van der Waals surface area (Å²) in [5, 5.41) is 0. The van der Waals surface area contributed by atoms with Gasteiger partial charge in [0, 0.05) is 13.1 Å². The van der Waals surface area contributed by atoms with E-state index in [1.54, 1.807) is 0 Å². The van der Waals surface area contributed by atoms with Crippen LogP contribution in [0.2, 0.25) is 0 Å². The highest BCUT2D eigenvalue weighted by Gasteiger charge is 2.24. The fraction of sp³-hybridized carbons (Fsp3) is 0.692. The van der Waals surface area contributed by atoms with Gasteiger partial charge in [0.25, 0.3) is 0 Å². The normalized spacial score (nSPS) is 21.0. The minimum absolute atomic E-state index is 0.0833. The Kier molecular flexibility index (Phi) is 4.76. The number of nitrogen functional groups attached to an aromatic ring is 1. The van der Waals surface area contributed by atoms with E-state index in [-0.39, 0.29) is 6.10 Å². The molecule has 0 bridgehead atoms. The maximum Gasteiger partial charge on any atom is 0.161 e. The van der Waals surface area contributed by atoms with Gasteiger partial charge < -0.3 is 15.4 Å². The van der Waals surface area contributed by atoms with E-state index in [1.807, 2.05) is 0 Å². The molecule has 0 aliphatic carbocycles. The molecule has 1 aromatic heterocycles. The molecule has 1 aliphatic heterocycles. The number of nitrogens with two attached hydrogens (primary N) is 1. The van der Waals surface area contributed by atoms with E-state index in [4.69, 9.17) is 10.5 Å². The Balaban J connectivity index is 2.27. The summed E-state index contributed by atoms with van der Waals surface area (Å²) in [6.07, 6.45) is 0.795. The van der Waals surface area contributed by atoms with Gasteiger partial charge in [-0.15, -0.1) is 0 Å². The van der Waals surface area contributed by atoms with Crippen molar-refractivity contribution >= 4 is 21.7 Å². The van der Waals surface area contributed by atoms with E-state index in [0.717, 1.165) is 29.7 Å². The molecule has 0 spiro atoms. The van der Waals surface area contributed by atoms with Crippen molar-refractivity contribution in [3.8, 4) is 0 Å². The first-order chi connectivity index (χ1) is 8.97. The number of anilines is 1. The van der Waals surface area contributed by atoms with Gasteiger partial charge in [-0.05, 0) is 35.3 Å². The van der Waals surface area contributed by atoms with Crippen LogP contribution in [-0.2, 0) is 11.2 Å². The highest BCUT2D eigenvalue weighted by molar-refractivity contribution is 9.10. The Morgan fingerprint density at radius 3 is 2.84 bits per heavy atom. The van der Waals surface area contributed by atoms with Crippen molar-refractivity contribution in [1.82, 2.24) is 14.9 Å². The van der Waals surface area contributed by atoms with Gasteiger partial charge in [-0.25, -0.2) is 9.97 Å². The Hall–Kier alpha value is -0.720. The summed E-state index contributed by atoms with van der Waals surface area (Å²) in [4.78, 5) is 11.2. The molecule has 1 aromatic rings. The zero-order valence-corrected chi connectivity index (χ0v) is 13.3. The van der Waals surface area contributed by atoms with Gasteiger partial charge in [-0.1, -0.05) is 13.8 Å². The third-order valence-corrected chi connectivity index (χ3v) is 3.99. The summed E-state index contributed by atoms with van der Waals surface area (Å²) in [6.45, 7) is 6.79. The van der Waals surface area contributed by atoms with Gasteiger partial charge in [0.15, 0.2) is 5.82 Å². The van der Waals surface area contributed by atoms with Crippen LogP contribution >= 0.6 is 15.9 Å². The zero-order chi connectivity index (χ0) is 14.0. The predicted molar refractivity (Wildman–Crippen MR) is 78.9 cm³/mol. The SMILES string of the molecule is CC(C)Cc1nc(C2CN(C)CCO2)nc(N)c1Br. The number of rotatable bonds is 3. The molecule has 2 heterocycles. The first kappa shape index (κ1) is 14.7. The van der Waals surface area contributed by atoms with Gasteiger partial charge in [-0.2, -0.15) is 0 Å². The number of halogens is 1. The summed E-state index contributed by atoms with van der Waals surface area (Å²) in [5.41, 5.74) is 6.94. The third-order valence-electron chi connectivity index (χ3n) is 3.12. The summed E-state index contributed by atoms with van der Waals surface area (Å²) in [5.74, 6) is 1.72. The van der Waals surface area contributed by atoms with E-state index in [9.17, 15) is 0 Å². The second-order valence-electron chi connectivity index (χ2n) is 5.45. The monoisotopic (exact) mass is 328 g/mol. The smallest absolute Gasteiger partial charge is 0.161 e. The van der Waals surface area contributed by atoms with Gasteiger partial charge >= 0.3 is 0 Å². The van der Waals surface area contributed by atoms with Crippen LogP contribution in [0.15, 0.2) is 4.47 Å². The largest absolute Gasteiger partial charge is 0.383 e. The fourth-order valence-electron chi connectivity index (χ4n) is 2.13. The van der Waals surface area contributed by atoms with Crippen LogP contribution in [0, 0.1) is 5.92 Å². The zero-order valence-electron chi connectivity index (χ0n) is 11.7. The van der Waals surface area contributed by atoms with Crippen LogP contribution in [0.3, 0.4) is 0 Å². The Bertz CT molecular complexity index is 453. The minimum atomic E-state index is -0.0833. The molecular formula is C13H21BrN4O. The Morgan fingerprint density at radius 1 is 1.47 bits per heavy atom. The molecule has 6 heteroatoms. The van der Waals surface area contributed by atoms with Crippen molar-refractivity contribution in [2.75, 3.05) is 32.5 Å². The van der Waals surface area contributed by atoms with E-state index >= 15 is 0 Å². The number of hydrogen-bond acceptors (Lipinski definition) is 5. The lowest BCUT2D eigenvalue weighted by Gasteiger charge is -2.29. The average Bonchev–Trinajstić information content (AvgIpc) is 2.34. The van der Waals surface area contributed by atoms with Crippen molar-refractivity contribution in [2.24, 2.45) is 5.92 Å². The summed E-state index contributed by atoms with van der Waals surface area (Å²) in [6, 6.07) is 0. The lowest BCUT2D eigenvalue weighted by atomic mass is 10.1. The van der Waals surface area contributed by atoms with Crippen molar-refractivity contribution < 1.29 is 4.74 Å². The summed E-state index contributed by atoms with van der Waals surface area (Å²) >= 11 is 3.48. The van der Waals surface area contributed by atoms with E-state index in [2.05, 4.69) is 51.7 Å². The van der Waals surface area contributed by atoms with Gasteiger partial charge in [0.05, 0.1) is 16.8 Å². The average molecular weight is 329 g/mol. The summed E-state index contributed by atoms with van der Waals surface area (Å²) in [7, 11) is 2.08. The standard InChI is InChI=1S/C13H21BrN4O/c1-8(2)6-9-11(14)12(15)17-13(16-9)10-7-18(3)4-5-19-10/h8,10H,4-7H2,1-3H3,(H2,15,16,17). The molecule has 0 saturated carbocycles. The molecule has 106 valence electrons. The highest BCUT2D eigenvalue weighted by Crippen LogP contribution is 2.27. The number of morpholine rings is 1. The van der Waals surface area contributed by atoms with E-state index in [1.165, 1.54) is 0 Å². The first-order valence-corrected chi connectivity index (χ1v) is 7.38.